The fourth-order valence-corrected chi connectivity index (χ4v) is 2.75. The number of nitrogens with two attached hydrogens (primary N) is 1. The van der Waals surface area contributed by atoms with Crippen LogP contribution in [0.1, 0.15) is 11.3 Å². The molecule has 0 bridgehead atoms. The van der Waals surface area contributed by atoms with Crippen LogP contribution in [0, 0.1) is 5.82 Å². The van der Waals surface area contributed by atoms with Crippen LogP contribution < -0.4 is 15.8 Å². The standard InChI is InChI=1S/C20H22FN5O/c1-26(12-14-6-8-15(21)9-7-14)13-17-11-19(25-20(22)24-17)23-16-4-3-5-18(10-16)27-2/h3-11H,12-13H2,1-2H3,(H3,22,23,24,25). The number of hydrogen-bond acceptors (Lipinski definition) is 6. The molecule has 7 heteroatoms. The van der Waals surface area contributed by atoms with E-state index in [1.165, 1.54) is 12.1 Å². The molecule has 3 rings (SSSR count). The zero-order valence-electron chi connectivity index (χ0n) is 15.3. The lowest BCUT2D eigenvalue weighted by molar-refractivity contribution is 0.315. The first-order valence-corrected chi connectivity index (χ1v) is 8.49. The summed E-state index contributed by atoms with van der Waals surface area (Å²) < 4.78 is 18.3. The Morgan fingerprint density at radius 1 is 1.07 bits per heavy atom. The molecular weight excluding hydrogens is 345 g/mol. The average Bonchev–Trinajstić information content (AvgIpc) is 2.63. The molecule has 1 heterocycles. The molecule has 3 aromatic rings. The number of hydrogen-bond donors (Lipinski definition) is 2. The van der Waals surface area contributed by atoms with Gasteiger partial charge in [-0.2, -0.15) is 4.98 Å². The van der Waals surface area contributed by atoms with E-state index in [1.54, 1.807) is 19.2 Å². The predicted molar refractivity (Wildman–Crippen MR) is 104 cm³/mol. The molecule has 0 aliphatic heterocycles. The molecule has 0 unspecified atom stereocenters. The summed E-state index contributed by atoms with van der Waals surface area (Å²) in [5.74, 6) is 1.33. The molecule has 3 N–H and O–H groups in total. The fourth-order valence-electron chi connectivity index (χ4n) is 2.75. The fraction of sp³-hybridized carbons (Fsp3) is 0.200. The van der Waals surface area contributed by atoms with Crippen molar-refractivity contribution in [2.75, 3.05) is 25.2 Å². The van der Waals surface area contributed by atoms with E-state index < -0.39 is 0 Å². The molecule has 0 aliphatic carbocycles. The molecule has 0 radical (unpaired) electrons. The number of rotatable bonds is 7. The Labute approximate surface area is 157 Å². The molecule has 1 aromatic heterocycles. The van der Waals surface area contributed by atoms with Gasteiger partial charge in [-0.25, -0.2) is 9.37 Å². The lowest BCUT2D eigenvalue weighted by Crippen LogP contribution is -2.18. The Bertz CT molecular complexity index is 901. The predicted octanol–water partition coefficient (Wildman–Crippen LogP) is 3.58. The van der Waals surface area contributed by atoms with Gasteiger partial charge in [-0.15, -0.1) is 0 Å². The quantitative estimate of drug-likeness (QED) is 0.665. The first kappa shape index (κ1) is 18.6. The molecule has 0 fully saturated rings. The van der Waals surface area contributed by atoms with E-state index in [-0.39, 0.29) is 11.8 Å². The molecule has 0 atom stereocenters. The Morgan fingerprint density at radius 3 is 2.59 bits per heavy atom. The summed E-state index contributed by atoms with van der Waals surface area (Å²) >= 11 is 0. The normalized spacial score (nSPS) is 10.8. The Morgan fingerprint density at radius 2 is 1.85 bits per heavy atom. The minimum absolute atomic E-state index is 0.202. The summed E-state index contributed by atoms with van der Waals surface area (Å²) in [7, 11) is 3.59. The summed E-state index contributed by atoms with van der Waals surface area (Å²) in [5, 5.41) is 3.22. The lowest BCUT2D eigenvalue weighted by atomic mass is 10.2. The van der Waals surface area contributed by atoms with Crippen LogP contribution in [0.3, 0.4) is 0 Å². The molecule has 0 spiro atoms. The summed E-state index contributed by atoms with van der Waals surface area (Å²) in [4.78, 5) is 10.6. The van der Waals surface area contributed by atoms with Crippen molar-refractivity contribution in [3.05, 3.63) is 71.7 Å². The van der Waals surface area contributed by atoms with E-state index in [0.29, 0.717) is 18.9 Å². The van der Waals surface area contributed by atoms with E-state index in [1.807, 2.05) is 37.4 Å². The summed E-state index contributed by atoms with van der Waals surface area (Å²) in [5.41, 5.74) is 8.53. The second kappa shape index (κ2) is 8.46. The zero-order chi connectivity index (χ0) is 19.2. The van der Waals surface area contributed by atoms with Gasteiger partial charge in [-0.05, 0) is 36.9 Å². The van der Waals surface area contributed by atoms with Crippen molar-refractivity contribution in [3.8, 4) is 5.75 Å². The van der Waals surface area contributed by atoms with Crippen LogP contribution in [0.25, 0.3) is 0 Å². The first-order valence-electron chi connectivity index (χ1n) is 8.49. The van der Waals surface area contributed by atoms with E-state index in [9.17, 15) is 4.39 Å². The van der Waals surface area contributed by atoms with Crippen molar-refractivity contribution in [2.24, 2.45) is 0 Å². The van der Waals surface area contributed by atoms with Crippen molar-refractivity contribution in [1.29, 1.82) is 0 Å². The van der Waals surface area contributed by atoms with Crippen molar-refractivity contribution in [1.82, 2.24) is 14.9 Å². The molecule has 0 saturated heterocycles. The van der Waals surface area contributed by atoms with Gasteiger partial charge >= 0.3 is 0 Å². The van der Waals surface area contributed by atoms with Crippen LogP contribution in [0.4, 0.5) is 21.8 Å². The van der Waals surface area contributed by atoms with Crippen LogP contribution in [-0.2, 0) is 13.1 Å². The van der Waals surface area contributed by atoms with Gasteiger partial charge in [-0.3, -0.25) is 4.90 Å². The molecular formula is C20H22FN5O. The third kappa shape index (κ3) is 5.39. The maximum Gasteiger partial charge on any atom is 0.222 e. The Hall–Kier alpha value is -3.19. The third-order valence-electron chi connectivity index (χ3n) is 3.94. The summed E-state index contributed by atoms with van der Waals surface area (Å²) in [6, 6.07) is 15.9. The van der Waals surface area contributed by atoms with Gasteiger partial charge in [0.25, 0.3) is 0 Å². The van der Waals surface area contributed by atoms with Gasteiger partial charge in [0.2, 0.25) is 5.95 Å². The highest BCUT2D eigenvalue weighted by Crippen LogP contribution is 2.21. The minimum Gasteiger partial charge on any atom is -0.497 e. The highest BCUT2D eigenvalue weighted by molar-refractivity contribution is 5.59. The zero-order valence-corrected chi connectivity index (χ0v) is 15.3. The van der Waals surface area contributed by atoms with Crippen molar-refractivity contribution >= 4 is 17.5 Å². The van der Waals surface area contributed by atoms with Gasteiger partial charge in [0.05, 0.1) is 12.8 Å². The Kier molecular flexibility index (Phi) is 5.83. The van der Waals surface area contributed by atoms with Gasteiger partial charge in [-0.1, -0.05) is 18.2 Å². The van der Waals surface area contributed by atoms with Crippen LogP contribution in [0.15, 0.2) is 54.6 Å². The van der Waals surface area contributed by atoms with Crippen LogP contribution in [0.5, 0.6) is 5.75 Å². The van der Waals surface area contributed by atoms with E-state index >= 15 is 0 Å². The third-order valence-corrected chi connectivity index (χ3v) is 3.94. The van der Waals surface area contributed by atoms with Gasteiger partial charge in [0, 0.05) is 30.9 Å². The van der Waals surface area contributed by atoms with Crippen molar-refractivity contribution in [2.45, 2.75) is 13.1 Å². The molecule has 0 saturated carbocycles. The largest absolute Gasteiger partial charge is 0.497 e. The number of nitrogen functional groups attached to an aromatic ring is 1. The number of benzene rings is 2. The second-order valence-corrected chi connectivity index (χ2v) is 6.26. The van der Waals surface area contributed by atoms with E-state index in [4.69, 9.17) is 10.5 Å². The number of nitrogens with zero attached hydrogens (tertiary/aromatic N) is 3. The van der Waals surface area contributed by atoms with Gasteiger partial charge < -0.3 is 15.8 Å². The van der Waals surface area contributed by atoms with Crippen LogP contribution in [0.2, 0.25) is 0 Å². The highest BCUT2D eigenvalue weighted by Gasteiger charge is 2.08. The highest BCUT2D eigenvalue weighted by atomic mass is 19.1. The molecule has 2 aromatic carbocycles. The van der Waals surface area contributed by atoms with Gasteiger partial charge in [0.1, 0.15) is 17.4 Å². The van der Waals surface area contributed by atoms with Crippen LogP contribution >= 0.6 is 0 Å². The summed E-state index contributed by atoms with van der Waals surface area (Å²) in [6.45, 7) is 1.25. The average molecular weight is 367 g/mol. The first-order chi connectivity index (χ1) is 13.0. The number of methoxy groups -OCH3 is 1. The molecule has 6 nitrogen and oxygen atoms in total. The van der Waals surface area contributed by atoms with Gasteiger partial charge in [0.15, 0.2) is 0 Å². The number of nitrogens with one attached hydrogen (secondary N) is 1. The molecule has 0 amide bonds. The maximum atomic E-state index is 13.0. The van der Waals surface area contributed by atoms with E-state index in [0.717, 1.165) is 22.7 Å². The summed E-state index contributed by atoms with van der Waals surface area (Å²) in [6.07, 6.45) is 0. The van der Waals surface area contributed by atoms with E-state index in [2.05, 4.69) is 20.2 Å². The minimum atomic E-state index is -0.238. The Balaban J connectivity index is 1.69. The number of ether oxygens (including phenoxy) is 1. The SMILES string of the molecule is COc1cccc(Nc2cc(CN(C)Cc3ccc(F)cc3)nc(N)n2)c1. The molecule has 140 valence electrons. The second-order valence-electron chi connectivity index (χ2n) is 6.26. The molecule has 27 heavy (non-hydrogen) atoms. The number of aromatic nitrogens is 2. The maximum absolute atomic E-state index is 13.0. The topological polar surface area (TPSA) is 76.3 Å². The smallest absolute Gasteiger partial charge is 0.222 e. The molecule has 0 aliphatic rings. The van der Waals surface area contributed by atoms with Crippen molar-refractivity contribution in [3.63, 3.8) is 0 Å². The van der Waals surface area contributed by atoms with Crippen molar-refractivity contribution < 1.29 is 9.13 Å². The monoisotopic (exact) mass is 367 g/mol. The number of anilines is 3. The van der Waals surface area contributed by atoms with Crippen LogP contribution in [-0.4, -0.2) is 29.0 Å². The lowest BCUT2D eigenvalue weighted by Gasteiger charge is -2.17. The number of halogens is 1.